The topological polar surface area (TPSA) is 106 Å². The number of aliphatic carboxylic acids is 2. The zero-order valence-electron chi connectivity index (χ0n) is 22.6. The maximum atomic E-state index is 11.7. The summed E-state index contributed by atoms with van der Waals surface area (Å²) < 4.78 is 17.5. The predicted octanol–water partition coefficient (Wildman–Crippen LogP) is 5.92. The van der Waals surface area contributed by atoms with E-state index in [0.717, 1.165) is 41.2 Å². The average Bonchev–Trinajstić information content (AvgIpc) is 2.94. The van der Waals surface area contributed by atoms with Gasteiger partial charge in [-0.05, 0) is 67.6 Å². The summed E-state index contributed by atoms with van der Waals surface area (Å²) in [6.07, 6.45) is 5.02. The number of carboxylic acid groups (broad SMARTS) is 2. The van der Waals surface area contributed by atoms with Gasteiger partial charge in [0.1, 0.15) is 11.5 Å². The van der Waals surface area contributed by atoms with E-state index in [0.29, 0.717) is 31.9 Å². The molecule has 0 aliphatic carbocycles. The molecule has 3 aromatic carbocycles. The Balaban J connectivity index is 1.31. The minimum Gasteiger partial charge on any atom is -0.494 e. The number of carbonyl (C=O) groups is 2. The number of aryl methyl sites for hydroxylation is 1. The van der Waals surface area contributed by atoms with Gasteiger partial charge in [-0.25, -0.2) is 4.79 Å². The molecule has 3 aromatic rings. The van der Waals surface area contributed by atoms with Crippen LogP contribution >= 0.6 is 0 Å². The summed E-state index contributed by atoms with van der Waals surface area (Å²) in [6, 6.07) is 21.4. The van der Waals surface area contributed by atoms with Crippen LogP contribution in [0.2, 0.25) is 0 Å². The monoisotopic (exact) mass is 545 g/mol. The van der Waals surface area contributed by atoms with E-state index in [-0.39, 0.29) is 13.0 Å². The van der Waals surface area contributed by atoms with Crippen molar-refractivity contribution in [2.24, 2.45) is 0 Å². The van der Waals surface area contributed by atoms with Crippen molar-refractivity contribution in [1.29, 1.82) is 0 Å². The number of rotatable bonds is 14. The first-order valence-electron chi connectivity index (χ1n) is 13.5. The molecule has 0 saturated heterocycles. The lowest BCUT2D eigenvalue weighted by molar-refractivity contribution is -0.145. The third-order valence-electron chi connectivity index (χ3n) is 6.51. The molecular formula is C32H35NO7. The molecule has 0 saturated carbocycles. The number of hydrogen-bond donors (Lipinski definition) is 2. The number of benzene rings is 3. The van der Waals surface area contributed by atoms with Crippen molar-refractivity contribution < 1.29 is 34.0 Å². The zero-order valence-corrected chi connectivity index (χ0v) is 22.6. The van der Waals surface area contributed by atoms with E-state index in [4.69, 9.17) is 19.3 Å². The molecule has 8 heteroatoms. The summed E-state index contributed by atoms with van der Waals surface area (Å²) in [5.74, 6) is 0.237. The maximum absolute atomic E-state index is 11.7. The molecule has 8 nitrogen and oxygen atoms in total. The maximum Gasteiger partial charge on any atom is 0.346 e. The summed E-state index contributed by atoms with van der Waals surface area (Å²) >= 11 is 0. The molecule has 1 atom stereocenters. The van der Waals surface area contributed by atoms with Crippen LogP contribution < -0.4 is 19.1 Å². The molecule has 0 spiro atoms. The number of fused-ring (bicyclic) bond motifs is 1. The normalized spacial score (nSPS) is 14.4. The van der Waals surface area contributed by atoms with Gasteiger partial charge in [-0.15, -0.1) is 0 Å². The third kappa shape index (κ3) is 8.27. The minimum absolute atomic E-state index is 0.0200. The van der Waals surface area contributed by atoms with Gasteiger partial charge in [0.15, 0.2) is 5.75 Å². The lowest BCUT2D eigenvalue weighted by Crippen LogP contribution is -2.45. The van der Waals surface area contributed by atoms with Crippen LogP contribution in [0.15, 0.2) is 66.7 Å². The van der Waals surface area contributed by atoms with Gasteiger partial charge < -0.3 is 29.3 Å². The van der Waals surface area contributed by atoms with Crippen molar-refractivity contribution in [2.75, 3.05) is 31.2 Å². The Bertz CT molecular complexity index is 1320. The van der Waals surface area contributed by atoms with Crippen LogP contribution in [-0.2, 0) is 9.59 Å². The van der Waals surface area contributed by atoms with E-state index in [2.05, 4.69) is 0 Å². The van der Waals surface area contributed by atoms with Gasteiger partial charge in [0, 0.05) is 18.5 Å². The zero-order chi connectivity index (χ0) is 28.3. The number of anilines is 1. The number of ether oxygens (including phenoxy) is 3. The number of carboxylic acids is 2. The van der Waals surface area contributed by atoms with Crippen LogP contribution in [0, 0.1) is 6.92 Å². The summed E-state index contributed by atoms with van der Waals surface area (Å²) in [5, 5.41) is 18.6. The van der Waals surface area contributed by atoms with Crippen molar-refractivity contribution >= 4 is 29.8 Å². The molecule has 0 radical (unpaired) electrons. The SMILES string of the molecule is Cc1cccc(OCCCCOc2ccc(/C=C/c3cccc4c3OC(C(=O)O)CN4CCCC(=O)O)cc2)c1. The van der Waals surface area contributed by atoms with Gasteiger partial charge in [0.2, 0.25) is 6.10 Å². The van der Waals surface area contributed by atoms with Crippen LogP contribution in [0.3, 0.4) is 0 Å². The second kappa shape index (κ2) is 14.1. The average molecular weight is 546 g/mol. The van der Waals surface area contributed by atoms with Gasteiger partial charge in [0.05, 0.1) is 25.4 Å². The van der Waals surface area contributed by atoms with Gasteiger partial charge in [0.25, 0.3) is 0 Å². The molecule has 4 rings (SSSR count). The van der Waals surface area contributed by atoms with Crippen molar-refractivity contribution in [2.45, 2.75) is 38.7 Å². The fourth-order valence-electron chi connectivity index (χ4n) is 4.44. The second-order valence-electron chi connectivity index (χ2n) is 9.71. The Hall–Kier alpha value is -4.46. The van der Waals surface area contributed by atoms with Gasteiger partial charge in [-0.2, -0.15) is 0 Å². The minimum atomic E-state index is -1.05. The van der Waals surface area contributed by atoms with Gasteiger partial charge in [-0.3, -0.25) is 4.79 Å². The lowest BCUT2D eigenvalue weighted by atomic mass is 10.1. The number of para-hydroxylation sites is 1. The summed E-state index contributed by atoms with van der Waals surface area (Å²) in [7, 11) is 0. The van der Waals surface area contributed by atoms with Crippen molar-refractivity contribution in [1.82, 2.24) is 0 Å². The largest absolute Gasteiger partial charge is 0.494 e. The first-order chi connectivity index (χ1) is 19.4. The Morgan fingerprint density at radius 2 is 1.65 bits per heavy atom. The van der Waals surface area contributed by atoms with Crippen molar-refractivity contribution in [3.05, 3.63) is 83.4 Å². The molecule has 0 fully saturated rings. The summed E-state index contributed by atoms with van der Waals surface area (Å²) in [5.41, 5.74) is 3.65. The molecule has 0 aromatic heterocycles. The van der Waals surface area contributed by atoms with Crippen molar-refractivity contribution in [3.8, 4) is 17.2 Å². The smallest absolute Gasteiger partial charge is 0.346 e. The van der Waals surface area contributed by atoms with Gasteiger partial charge >= 0.3 is 11.9 Å². The molecule has 2 N–H and O–H groups in total. The highest BCUT2D eigenvalue weighted by Gasteiger charge is 2.31. The van der Waals surface area contributed by atoms with Crippen LogP contribution in [-0.4, -0.2) is 54.6 Å². The molecule has 40 heavy (non-hydrogen) atoms. The number of hydrogen-bond acceptors (Lipinski definition) is 6. The Morgan fingerprint density at radius 3 is 2.35 bits per heavy atom. The summed E-state index contributed by atoms with van der Waals surface area (Å²) in [6.45, 7) is 3.89. The van der Waals surface area contributed by atoms with E-state index in [1.165, 1.54) is 5.56 Å². The van der Waals surface area contributed by atoms with Crippen LogP contribution in [0.4, 0.5) is 5.69 Å². The molecule has 0 amide bonds. The lowest BCUT2D eigenvalue weighted by Gasteiger charge is -2.35. The standard InChI is InChI=1S/C32H35NO7/c1-23-7-4-9-27(21-23)39-20-3-2-19-38-26-16-13-24(14-17-26)12-15-25-8-5-10-28-31(25)40-29(32(36)37)22-33(28)18-6-11-30(34)35/h4-5,7-10,12-17,21,29H,2-3,6,11,18-20,22H2,1H3,(H,34,35)(H,36,37)/b15-12+. The Kier molecular flexibility index (Phi) is 10.0. The Labute approximate surface area is 234 Å². The summed E-state index contributed by atoms with van der Waals surface area (Å²) in [4.78, 5) is 24.6. The van der Waals surface area contributed by atoms with E-state index in [9.17, 15) is 14.7 Å². The Morgan fingerprint density at radius 1 is 0.925 bits per heavy atom. The fourth-order valence-corrected chi connectivity index (χ4v) is 4.44. The molecule has 0 bridgehead atoms. The molecular weight excluding hydrogens is 510 g/mol. The van der Waals surface area contributed by atoms with Crippen molar-refractivity contribution in [3.63, 3.8) is 0 Å². The van der Waals surface area contributed by atoms with Crippen LogP contribution in [0.25, 0.3) is 12.2 Å². The second-order valence-corrected chi connectivity index (χ2v) is 9.71. The molecule has 1 heterocycles. The molecule has 210 valence electrons. The van der Waals surface area contributed by atoms with E-state index in [1.807, 2.05) is 90.7 Å². The first-order valence-corrected chi connectivity index (χ1v) is 13.5. The molecule has 1 aliphatic rings. The molecule has 1 aliphatic heterocycles. The number of unbranched alkanes of at least 4 members (excludes halogenated alkanes) is 1. The highest BCUT2D eigenvalue weighted by molar-refractivity contribution is 5.81. The predicted molar refractivity (Wildman–Crippen MR) is 154 cm³/mol. The number of nitrogens with zero attached hydrogens (tertiary/aromatic N) is 1. The highest BCUT2D eigenvalue weighted by Crippen LogP contribution is 2.38. The van der Waals surface area contributed by atoms with Crippen LogP contribution in [0.1, 0.15) is 42.4 Å². The van der Waals surface area contributed by atoms with Crippen LogP contribution in [0.5, 0.6) is 17.2 Å². The first kappa shape index (κ1) is 28.5. The third-order valence-corrected chi connectivity index (χ3v) is 6.51. The van der Waals surface area contributed by atoms with Gasteiger partial charge in [-0.1, -0.05) is 48.6 Å². The fraction of sp³-hybridized carbons (Fsp3) is 0.312. The van der Waals surface area contributed by atoms with E-state index in [1.54, 1.807) is 0 Å². The van der Waals surface area contributed by atoms with E-state index >= 15 is 0 Å². The molecule has 1 unspecified atom stereocenters. The quantitative estimate of drug-likeness (QED) is 0.190. The van der Waals surface area contributed by atoms with E-state index < -0.39 is 18.0 Å². The highest BCUT2D eigenvalue weighted by atomic mass is 16.5.